The molecule has 0 radical (unpaired) electrons. The molecule has 1 atom stereocenters. The number of sulfonamides is 1. The summed E-state index contributed by atoms with van der Waals surface area (Å²) in [6.45, 7) is 0.143. The second-order valence-corrected chi connectivity index (χ2v) is 7.11. The molecular formula is C13H14ClNO3S2. The van der Waals surface area contributed by atoms with E-state index in [9.17, 15) is 13.5 Å². The summed E-state index contributed by atoms with van der Waals surface area (Å²) >= 11 is 7.35. The van der Waals surface area contributed by atoms with Crippen molar-refractivity contribution in [2.45, 2.75) is 17.4 Å². The standard InChI is InChI=1S/C13H14ClNO3S2/c14-11-3-1-2-4-13(11)20(17,18)15-7-5-12(16)10-6-8-19-9-10/h1-4,6,8-9,12,15-16H,5,7H2. The molecule has 1 heterocycles. The Morgan fingerprint density at radius 3 is 2.70 bits per heavy atom. The Labute approximate surface area is 127 Å². The van der Waals surface area contributed by atoms with E-state index in [1.165, 1.54) is 23.5 Å². The average Bonchev–Trinajstić information content (AvgIpc) is 2.92. The van der Waals surface area contributed by atoms with Crippen LogP contribution in [0.15, 0.2) is 46.0 Å². The van der Waals surface area contributed by atoms with E-state index in [1.54, 1.807) is 12.1 Å². The first kappa shape index (κ1) is 15.5. The number of aliphatic hydroxyl groups is 1. The average molecular weight is 332 g/mol. The van der Waals surface area contributed by atoms with Gasteiger partial charge in [-0.2, -0.15) is 11.3 Å². The summed E-state index contributed by atoms with van der Waals surface area (Å²) < 4.78 is 26.5. The van der Waals surface area contributed by atoms with Gasteiger partial charge in [-0.3, -0.25) is 0 Å². The van der Waals surface area contributed by atoms with Gasteiger partial charge in [-0.25, -0.2) is 13.1 Å². The van der Waals surface area contributed by atoms with Crippen LogP contribution in [0.25, 0.3) is 0 Å². The third-order valence-corrected chi connectivity index (χ3v) is 5.43. The number of halogens is 1. The summed E-state index contributed by atoms with van der Waals surface area (Å²) in [4.78, 5) is 0.0479. The van der Waals surface area contributed by atoms with Gasteiger partial charge in [-0.1, -0.05) is 23.7 Å². The molecule has 0 saturated carbocycles. The summed E-state index contributed by atoms with van der Waals surface area (Å²) in [5, 5.41) is 13.8. The number of aliphatic hydroxyl groups excluding tert-OH is 1. The number of benzene rings is 1. The van der Waals surface area contributed by atoms with E-state index in [-0.39, 0.29) is 16.5 Å². The molecule has 2 rings (SSSR count). The van der Waals surface area contributed by atoms with Gasteiger partial charge < -0.3 is 5.11 Å². The molecular weight excluding hydrogens is 318 g/mol. The van der Waals surface area contributed by atoms with Crippen molar-refractivity contribution in [3.8, 4) is 0 Å². The van der Waals surface area contributed by atoms with Crippen molar-refractivity contribution in [2.75, 3.05) is 6.54 Å². The van der Waals surface area contributed by atoms with Crippen LogP contribution in [0.1, 0.15) is 18.1 Å². The predicted octanol–water partition coefficient (Wildman–Crippen LogP) is 2.80. The van der Waals surface area contributed by atoms with Gasteiger partial charge in [0.1, 0.15) is 4.90 Å². The van der Waals surface area contributed by atoms with Crippen LogP contribution < -0.4 is 4.72 Å². The van der Waals surface area contributed by atoms with Gasteiger partial charge in [-0.15, -0.1) is 0 Å². The fraction of sp³-hybridized carbons (Fsp3) is 0.231. The highest BCUT2D eigenvalue weighted by atomic mass is 35.5. The SMILES string of the molecule is O=S(=O)(NCCC(O)c1ccsc1)c1ccccc1Cl. The molecule has 1 aromatic heterocycles. The lowest BCUT2D eigenvalue weighted by molar-refractivity contribution is 0.169. The topological polar surface area (TPSA) is 66.4 Å². The first-order chi connectivity index (χ1) is 9.50. The lowest BCUT2D eigenvalue weighted by atomic mass is 10.1. The Morgan fingerprint density at radius 2 is 2.05 bits per heavy atom. The van der Waals surface area contributed by atoms with E-state index in [4.69, 9.17) is 11.6 Å². The second-order valence-electron chi connectivity index (χ2n) is 4.19. The molecule has 4 nitrogen and oxygen atoms in total. The van der Waals surface area contributed by atoms with Crippen LogP contribution in [0.2, 0.25) is 5.02 Å². The minimum absolute atomic E-state index is 0.0479. The van der Waals surface area contributed by atoms with Gasteiger partial charge in [0.25, 0.3) is 0 Å². The second kappa shape index (κ2) is 6.69. The molecule has 1 unspecified atom stereocenters. The van der Waals surface area contributed by atoms with Crippen LogP contribution in [0, 0.1) is 0 Å². The van der Waals surface area contributed by atoms with Crippen molar-refractivity contribution in [1.29, 1.82) is 0 Å². The zero-order chi connectivity index (χ0) is 14.6. The Balaban J connectivity index is 1.95. The van der Waals surface area contributed by atoms with E-state index in [2.05, 4.69) is 4.72 Å². The highest BCUT2D eigenvalue weighted by Crippen LogP contribution is 2.21. The molecule has 108 valence electrons. The van der Waals surface area contributed by atoms with Crippen LogP contribution in [-0.2, 0) is 10.0 Å². The predicted molar refractivity (Wildman–Crippen MR) is 80.5 cm³/mol. The van der Waals surface area contributed by atoms with Gasteiger partial charge in [0.05, 0.1) is 11.1 Å². The van der Waals surface area contributed by atoms with Crippen molar-refractivity contribution < 1.29 is 13.5 Å². The number of thiophene rings is 1. The zero-order valence-corrected chi connectivity index (χ0v) is 12.9. The number of nitrogens with one attached hydrogen (secondary N) is 1. The quantitative estimate of drug-likeness (QED) is 0.855. The smallest absolute Gasteiger partial charge is 0.242 e. The van der Waals surface area contributed by atoms with E-state index in [0.717, 1.165) is 5.56 Å². The van der Waals surface area contributed by atoms with Crippen LogP contribution in [0.5, 0.6) is 0 Å². The van der Waals surface area contributed by atoms with Crippen molar-refractivity contribution >= 4 is 33.0 Å². The van der Waals surface area contributed by atoms with E-state index >= 15 is 0 Å². The summed E-state index contributed by atoms with van der Waals surface area (Å²) in [6.07, 6.45) is -0.365. The van der Waals surface area contributed by atoms with Gasteiger partial charge >= 0.3 is 0 Å². The fourth-order valence-electron chi connectivity index (χ4n) is 1.70. The summed E-state index contributed by atoms with van der Waals surface area (Å²) in [6, 6.07) is 8.07. The zero-order valence-electron chi connectivity index (χ0n) is 10.5. The van der Waals surface area contributed by atoms with Gasteiger partial charge in [-0.05, 0) is 40.9 Å². The maximum atomic E-state index is 12.0. The van der Waals surface area contributed by atoms with Crippen LogP contribution in [-0.4, -0.2) is 20.1 Å². The molecule has 0 aliphatic heterocycles. The Kier molecular flexibility index (Phi) is 5.17. The minimum Gasteiger partial charge on any atom is -0.388 e. The van der Waals surface area contributed by atoms with Gasteiger partial charge in [0.15, 0.2) is 0 Å². The lowest BCUT2D eigenvalue weighted by Crippen LogP contribution is -2.26. The van der Waals surface area contributed by atoms with Crippen molar-refractivity contribution in [1.82, 2.24) is 4.72 Å². The Bertz CT molecular complexity index is 656. The van der Waals surface area contributed by atoms with Crippen molar-refractivity contribution in [3.05, 3.63) is 51.7 Å². The molecule has 0 aliphatic rings. The number of hydrogen-bond acceptors (Lipinski definition) is 4. The molecule has 0 fully saturated rings. The van der Waals surface area contributed by atoms with E-state index < -0.39 is 16.1 Å². The lowest BCUT2D eigenvalue weighted by Gasteiger charge is -2.11. The van der Waals surface area contributed by atoms with Crippen molar-refractivity contribution in [3.63, 3.8) is 0 Å². The fourth-order valence-corrected chi connectivity index (χ4v) is 3.97. The molecule has 0 aliphatic carbocycles. The van der Waals surface area contributed by atoms with Crippen LogP contribution in [0.4, 0.5) is 0 Å². The first-order valence-corrected chi connectivity index (χ1v) is 8.75. The first-order valence-electron chi connectivity index (χ1n) is 5.95. The normalized spacial score (nSPS) is 13.3. The molecule has 1 aromatic carbocycles. The maximum absolute atomic E-state index is 12.0. The Morgan fingerprint density at radius 1 is 1.30 bits per heavy atom. The highest BCUT2D eigenvalue weighted by Gasteiger charge is 2.17. The summed E-state index contributed by atoms with van der Waals surface area (Å²) in [5.74, 6) is 0. The van der Waals surface area contributed by atoms with E-state index in [0.29, 0.717) is 6.42 Å². The highest BCUT2D eigenvalue weighted by molar-refractivity contribution is 7.89. The molecule has 0 bridgehead atoms. The maximum Gasteiger partial charge on any atom is 0.242 e. The third kappa shape index (κ3) is 3.80. The molecule has 2 aromatic rings. The third-order valence-electron chi connectivity index (χ3n) is 2.76. The van der Waals surface area contributed by atoms with Crippen LogP contribution in [0.3, 0.4) is 0 Å². The molecule has 0 amide bonds. The largest absolute Gasteiger partial charge is 0.388 e. The molecule has 2 N–H and O–H groups in total. The van der Waals surface area contributed by atoms with Crippen LogP contribution >= 0.6 is 22.9 Å². The molecule has 20 heavy (non-hydrogen) atoms. The van der Waals surface area contributed by atoms with Crippen molar-refractivity contribution in [2.24, 2.45) is 0 Å². The van der Waals surface area contributed by atoms with Gasteiger partial charge in [0.2, 0.25) is 10.0 Å². The Hall–Kier alpha value is -0.920. The summed E-state index contributed by atoms with van der Waals surface area (Å²) in [5.41, 5.74) is 0.798. The minimum atomic E-state index is -3.65. The summed E-state index contributed by atoms with van der Waals surface area (Å²) in [7, 11) is -3.65. The van der Waals surface area contributed by atoms with Gasteiger partial charge in [0, 0.05) is 6.54 Å². The number of hydrogen-bond donors (Lipinski definition) is 2. The monoisotopic (exact) mass is 331 g/mol. The molecule has 0 spiro atoms. The number of rotatable bonds is 6. The molecule has 0 saturated heterocycles. The van der Waals surface area contributed by atoms with E-state index in [1.807, 2.05) is 16.8 Å². The molecule has 7 heteroatoms.